The molecule has 28 heavy (non-hydrogen) atoms. The third-order valence-electron chi connectivity index (χ3n) is 5.29. The summed E-state index contributed by atoms with van der Waals surface area (Å²) in [6.07, 6.45) is 4.07. The molecule has 0 unspecified atom stereocenters. The number of urea groups is 1. The highest BCUT2D eigenvalue weighted by atomic mass is 32.1. The van der Waals surface area contributed by atoms with Crippen LogP contribution in [0.4, 0.5) is 9.93 Å². The van der Waals surface area contributed by atoms with Gasteiger partial charge in [-0.2, -0.15) is 0 Å². The predicted octanol–water partition coefficient (Wildman–Crippen LogP) is 2.16. The van der Waals surface area contributed by atoms with Gasteiger partial charge in [-0.15, -0.1) is 0 Å². The molecule has 2 fully saturated rings. The van der Waals surface area contributed by atoms with E-state index in [9.17, 15) is 19.2 Å². The van der Waals surface area contributed by atoms with Gasteiger partial charge < -0.3 is 15.0 Å². The minimum atomic E-state index is -0.815. The lowest BCUT2D eigenvalue weighted by atomic mass is 9.81. The van der Waals surface area contributed by atoms with Crippen LogP contribution in [0.3, 0.4) is 0 Å². The number of hydrogen-bond donors (Lipinski definition) is 1. The number of carbonyl (C=O) groups is 4. The van der Waals surface area contributed by atoms with Crippen LogP contribution in [-0.4, -0.2) is 64.3 Å². The molecular formula is C18H24N4O5S. The quantitative estimate of drug-likeness (QED) is 0.591. The van der Waals surface area contributed by atoms with Gasteiger partial charge in [0.1, 0.15) is 17.0 Å². The summed E-state index contributed by atoms with van der Waals surface area (Å²) in [5, 5.41) is 2.80. The highest BCUT2D eigenvalue weighted by Gasteiger charge is 2.55. The van der Waals surface area contributed by atoms with Crippen molar-refractivity contribution in [1.29, 1.82) is 0 Å². The van der Waals surface area contributed by atoms with E-state index in [0.717, 1.165) is 35.5 Å². The average Bonchev–Trinajstić information content (AvgIpc) is 3.11. The Morgan fingerprint density at radius 2 is 1.93 bits per heavy atom. The molecule has 3 rings (SSSR count). The second-order valence-electron chi connectivity index (χ2n) is 7.03. The van der Waals surface area contributed by atoms with Gasteiger partial charge in [0.05, 0.1) is 12.3 Å². The summed E-state index contributed by atoms with van der Waals surface area (Å²) in [7, 11) is 1.62. The molecule has 2 aliphatic rings. The van der Waals surface area contributed by atoms with Gasteiger partial charge in [-0.1, -0.05) is 30.6 Å². The van der Waals surface area contributed by atoms with E-state index < -0.39 is 23.4 Å². The van der Waals surface area contributed by atoms with E-state index in [1.54, 1.807) is 20.9 Å². The first-order chi connectivity index (χ1) is 13.3. The number of carbonyl (C=O) groups excluding carboxylic acids is 4. The minimum absolute atomic E-state index is 0.227. The van der Waals surface area contributed by atoms with Crippen LogP contribution in [0.2, 0.25) is 0 Å². The number of amides is 4. The summed E-state index contributed by atoms with van der Waals surface area (Å²) in [4.78, 5) is 56.7. The molecule has 1 saturated heterocycles. The van der Waals surface area contributed by atoms with Gasteiger partial charge in [0.2, 0.25) is 5.91 Å². The Morgan fingerprint density at radius 1 is 1.25 bits per heavy atom. The van der Waals surface area contributed by atoms with Gasteiger partial charge in [-0.3, -0.25) is 14.5 Å². The number of likely N-dealkylation sites (N-methyl/N-ethyl adjacent to an activating group) is 1. The zero-order valence-corrected chi connectivity index (χ0v) is 17.1. The Kier molecular flexibility index (Phi) is 5.69. The van der Waals surface area contributed by atoms with E-state index in [2.05, 4.69) is 10.3 Å². The number of rotatable bonds is 5. The van der Waals surface area contributed by atoms with Gasteiger partial charge in [0, 0.05) is 7.05 Å². The molecule has 1 aromatic rings. The summed E-state index contributed by atoms with van der Waals surface area (Å²) in [6.45, 7) is 3.22. The number of anilines is 1. The molecule has 1 aliphatic carbocycles. The minimum Gasteiger partial charge on any atom is -0.462 e. The van der Waals surface area contributed by atoms with Crippen molar-refractivity contribution in [1.82, 2.24) is 14.8 Å². The number of imide groups is 1. The number of aryl methyl sites for hydroxylation is 1. The van der Waals surface area contributed by atoms with Crippen LogP contribution >= 0.6 is 11.3 Å². The second kappa shape index (κ2) is 7.86. The monoisotopic (exact) mass is 408 g/mol. The Bertz CT molecular complexity index is 815. The zero-order chi connectivity index (χ0) is 20.5. The Labute approximate surface area is 167 Å². The number of ether oxygens (including phenoxy) is 1. The number of nitrogens with one attached hydrogen (secondary N) is 1. The molecule has 1 aromatic heterocycles. The van der Waals surface area contributed by atoms with Gasteiger partial charge in [0.25, 0.3) is 5.91 Å². The summed E-state index contributed by atoms with van der Waals surface area (Å²) >= 11 is 1.00. The molecule has 0 bridgehead atoms. The molecule has 2 heterocycles. The van der Waals surface area contributed by atoms with Crippen molar-refractivity contribution in [2.24, 2.45) is 0 Å². The summed E-state index contributed by atoms with van der Waals surface area (Å²) in [5.41, 5.74) is -0.363. The first-order valence-corrected chi connectivity index (χ1v) is 10.2. The van der Waals surface area contributed by atoms with Crippen molar-refractivity contribution < 1.29 is 23.9 Å². The number of aromatic nitrogens is 1. The fourth-order valence-electron chi connectivity index (χ4n) is 3.81. The van der Waals surface area contributed by atoms with Crippen LogP contribution in [-0.2, 0) is 14.3 Å². The van der Waals surface area contributed by atoms with Crippen molar-refractivity contribution >= 4 is 40.3 Å². The van der Waals surface area contributed by atoms with Crippen LogP contribution < -0.4 is 5.32 Å². The molecule has 0 aromatic carbocycles. The Balaban J connectivity index is 1.68. The maximum Gasteiger partial charge on any atom is 0.350 e. The lowest BCUT2D eigenvalue weighted by Crippen LogP contribution is -2.49. The van der Waals surface area contributed by atoms with Crippen molar-refractivity contribution in [3.8, 4) is 0 Å². The third kappa shape index (κ3) is 3.48. The zero-order valence-electron chi connectivity index (χ0n) is 16.2. The third-order valence-corrected chi connectivity index (χ3v) is 6.34. The molecule has 9 nitrogen and oxygen atoms in total. The smallest absolute Gasteiger partial charge is 0.350 e. The van der Waals surface area contributed by atoms with Crippen LogP contribution in [0, 0.1) is 6.92 Å². The summed E-state index contributed by atoms with van der Waals surface area (Å²) < 4.78 is 4.95. The van der Waals surface area contributed by atoms with Crippen molar-refractivity contribution in [2.75, 3.05) is 25.5 Å². The van der Waals surface area contributed by atoms with E-state index in [-0.39, 0.29) is 24.2 Å². The number of thiazole rings is 1. The molecule has 0 radical (unpaired) electrons. The second-order valence-corrected chi connectivity index (χ2v) is 8.03. The molecular weight excluding hydrogens is 384 g/mol. The lowest BCUT2D eigenvalue weighted by molar-refractivity contribution is -0.136. The first kappa shape index (κ1) is 20.2. The van der Waals surface area contributed by atoms with Gasteiger partial charge >= 0.3 is 12.0 Å². The fourth-order valence-corrected chi connectivity index (χ4v) is 4.69. The summed E-state index contributed by atoms with van der Waals surface area (Å²) in [6, 6.07) is -0.454. The van der Waals surface area contributed by atoms with Crippen molar-refractivity contribution in [2.45, 2.75) is 51.5 Å². The fraction of sp³-hybridized carbons (Fsp3) is 0.611. The average molecular weight is 408 g/mol. The molecule has 1 aliphatic heterocycles. The normalized spacial score (nSPS) is 18.7. The lowest BCUT2D eigenvalue weighted by Gasteiger charge is -2.35. The molecule has 10 heteroatoms. The standard InChI is InChI=1S/C18H24N4O5S/c1-4-27-14(24)13-11(2)19-16(28-13)20-12(23)10-22-15(25)18(21(3)17(22)26)8-6-5-7-9-18/h4-10H2,1-3H3,(H,19,20,23). The van der Waals surface area contributed by atoms with E-state index in [1.165, 1.54) is 4.90 Å². The molecule has 1 saturated carbocycles. The molecule has 1 spiro atoms. The maximum absolute atomic E-state index is 12.9. The SMILES string of the molecule is CCOC(=O)c1sc(NC(=O)CN2C(=O)N(C)C3(CCCCC3)C2=O)nc1C. The van der Waals surface area contributed by atoms with Crippen LogP contribution in [0.5, 0.6) is 0 Å². The number of hydrogen-bond acceptors (Lipinski definition) is 7. The van der Waals surface area contributed by atoms with E-state index in [1.807, 2.05) is 0 Å². The van der Waals surface area contributed by atoms with Crippen LogP contribution in [0.1, 0.15) is 54.4 Å². The van der Waals surface area contributed by atoms with Crippen LogP contribution in [0.15, 0.2) is 0 Å². The van der Waals surface area contributed by atoms with Gasteiger partial charge in [-0.05, 0) is 26.7 Å². The Hall–Kier alpha value is -2.49. The van der Waals surface area contributed by atoms with E-state index in [4.69, 9.17) is 4.74 Å². The first-order valence-electron chi connectivity index (χ1n) is 9.34. The molecule has 152 valence electrons. The summed E-state index contributed by atoms with van der Waals surface area (Å²) in [5.74, 6) is -1.34. The van der Waals surface area contributed by atoms with Crippen LogP contribution in [0.25, 0.3) is 0 Å². The maximum atomic E-state index is 12.9. The number of nitrogens with zero attached hydrogens (tertiary/aromatic N) is 3. The number of esters is 1. The van der Waals surface area contributed by atoms with E-state index >= 15 is 0 Å². The molecule has 0 atom stereocenters. The highest BCUT2D eigenvalue weighted by molar-refractivity contribution is 7.17. The van der Waals surface area contributed by atoms with Gasteiger partial charge in [-0.25, -0.2) is 14.6 Å². The van der Waals surface area contributed by atoms with Crippen molar-refractivity contribution in [3.63, 3.8) is 0 Å². The van der Waals surface area contributed by atoms with E-state index in [0.29, 0.717) is 23.4 Å². The predicted molar refractivity (Wildman–Crippen MR) is 102 cm³/mol. The molecule has 1 N–H and O–H groups in total. The highest BCUT2D eigenvalue weighted by Crippen LogP contribution is 2.39. The largest absolute Gasteiger partial charge is 0.462 e. The molecule has 4 amide bonds. The van der Waals surface area contributed by atoms with Crippen molar-refractivity contribution in [3.05, 3.63) is 10.6 Å². The topological polar surface area (TPSA) is 109 Å². The Morgan fingerprint density at radius 3 is 2.57 bits per heavy atom. The van der Waals surface area contributed by atoms with Gasteiger partial charge in [0.15, 0.2) is 5.13 Å².